The molecule has 0 bridgehead atoms. The Labute approximate surface area is 117 Å². The predicted molar refractivity (Wildman–Crippen MR) is 79.3 cm³/mol. The van der Waals surface area contributed by atoms with Crippen LogP contribution >= 0.6 is 0 Å². The second-order valence-electron chi connectivity index (χ2n) is 4.73. The topological polar surface area (TPSA) is 41.1 Å². The van der Waals surface area contributed by atoms with E-state index in [-0.39, 0.29) is 17.8 Å². The molecule has 2 rings (SSSR count). The number of aryl methyl sites for hydroxylation is 1. The minimum absolute atomic E-state index is 0.169. The molecule has 2 aromatic carbocycles. The Morgan fingerprint density at radius 1 is 1.00 bits per heavy atom. The maximum atomic E-state index is 12.8. The molecule has 0 spiro atoms. The first-order valence-corrected chi connectivity index (χ1v) is 6.44. The van der Waals surface area contributed by atoms with Gasteiger partial charge in [-0.1, -0.05) is 17.7 Å². The van der Waals surface area contributed by atoms with Crippen molar-refractivity contribution in [1.29, 1.82) is 0 Å². The van der Waals surface area contributed by atoms with Gasteiger partial charge in [0.05, 0.1) is 0 Å². The second kappa shape index (κ2) is 6.19. The highest BCUT2D eigenvalue weighted by Crippen LogP contribution is 2.12. The van der Waals surface area contributed by atoms with Gasteiger partial charge in [-0.25, -0.2) is 4.39 Å². The quantitative estimate of drug-likeness (QED) is 0.893. The molecular weight excluding hydrogens is 255 g/mol. The van der Waals surface area contributed by atoms with Crippen molar-refractivity contribution in [2.24, 2.45) is 0 Å². The fourth-order valence-electron chi connectivity index (χ4n) is 1.75. The monoisotopic (exact) mass is 272 g/mol. The zero-order chi connectivity index (χ0) is 14.5. The molecule has 104 valence electrons. The lowest BCUT2D eigenvalue weighted by atomic mass is 10.2. The largest absolute Gasteiger partial charge is 0.374 e. The number of nitrogens with one attached hydrogen (secondary N) is 2. The zero-order valence-corrected chi connectivity index (χ0v) is 11.5. The fraction of sp³-hybridized carbons (Fsp3) is 0.188. The first-order valence-electron chi connectivity index (χ1n) is 6.44. The molecule has 0 heterocycles. The van der Waals surface area contributed by atoms with Gasteiger partial charge in [0.1, 0.15) is 11.9 Å². The van der Waals surface area contributed by atoms with Gasteiger partial charge in [-0.15, -0.1) is 0 Å². The molecule has 20 heavy (non-hydrogen) atoms. The molecule has 1 amide bonds. The van der Waals surface area contributed by atoms with Gasteiger partial charge in [0, 0.05) is 11.4 Å². The Morgan fingerprint density at radius 3 is 2.15 bits per heavy atom. The number of rotatable bonds is 4. The molecule has 2 aromatic rings. The minimum Gasteiger partial charge on any atom is -0.374 e. The van der Waals surface area contributed by atoms with E-state index in [0.29, 0.717) is 5.69 Å². The lowest BCUT2D eigenvalue weighted by Crippen LogP contribution is -2.31. The van der Waals surface area contributed by atoms with E-state index in [2.05, 4.69) is 10.6 Å². The third-order valence-corrected chi connectivity index (χ3v) is 2.94. The van der Waals surface area contributed by atoms with E-state index in [4.69, 9.17) is 0 Å². The summed E-state index contributed by atoms with van der Waals surface area (Å²) in [5, 5.41) is 5.85. The summed E-state index contributed by atoms with van der Waals surface area (Å²) in [7, 11) is 0. The molecule has 0 aliphatic rings. The first kappa shape index (κ1) is 14.1. The van der Waals surface area contributed by atoms with Gasteiger partial charge >= 0.3 is 0 Å². The van der Waals surface area contributed by atoms with Crippen molar-refractivity contribution in [3.63, 3.8) is 0 Å². The smallest absolute Gasteiger partial charge is 0.246 e. The molecule has 0 saturated carbocycles. The molecule has 1 atom stereocenters. The maximum Gasteiger partial charge on any atom is 0.246 e. The van der Waals surface area contributed by atoms with Gasteiger partial charge in [-0.05, 0) is 50.2 Å². The summed E-state index contributed by atoms with van der Waals surface area (Å²) in [6.07, 6.45) is 0. The van der Waals surface area contributed by atoms with Crippen molar-refractivity contribution >= 4 is 17.3 Å². The average Bonchev–Trinajstić information content (AvgIpc) is 2.44. The fourth-order valence-corrected chi connectivity index (χ4v) is 1.75. The molecule has 0 aliphatic heterocycles. The molecule has 0 saturated heterocycles. The predicted octanol–water partition coefficient (Wildman–Crippen LogP) is 3.57. The van der Waals surface area contributed by atoms with E-state index in [1.165, 1.54) is 29.8 Å². The average molecular weight is 272 g/mol. The highest BCUT2D eigenvalue weighted by atomic mass is 19.1. The summed E-state index contributed by atoms with van der Waals surface area (Å²) in [6.45, 7) is 3.78. The van der Waals surface area contributed by atoms with Crippen LogP contribution in [0.2, 0.25) is 0 Å². The Balaban J connectivity index is 1.94. The van der Waals surface area contributed by atoms with Crippen LogP contribution < -0.4 is 10.6 Å². The number of amides is 1. The number of hydrogen-bond donors (Lipinski definition) is 2. The van der Waals surface area contributed by atoms with E-state index >= 15 is 0 Å². The van der Waals surface area contributed by atoms with E-state index in [1.54, 1.807) is 6.92 Å². The number of anilines is 2. The first-order chi connectivity index (χ1) is 9.54. The summed E-state index contributed by atoms with van der Waals surface area (Å²) in [4.78, 5) is 12.0. The summed E-state index contributed by atoms with van der Waals surface area (Å²) in [5.41, 5.74) is 2.63. The van der Waals surface area contributed by atoms with Gasteiger partial charge in [0.25, 0.3) is 0 Å². The number of carbonyl (C=O) groups is 1. The number of halogens is 1. The zero-order valence-electron chi connectivity index (χ0n) is 11.5. The summed E-state index contributed by atoms with van der Waals surface area (Å²) in [6, 6.07) is 13.1. The van der Waals surface area contributed by atoms with Gasteiger partial charge in [-0.2, -0.15) is 0 Å². The van der Waals surface area contributed by atoms with E-state index in [0.717, 1.165) is 5.69 Å². The number of hydrogen-bond acceptors (Lipinski definition) is 2. The minimum atomic E-state index is -0.386. The molecular formula is C16H17FN2O. The maximum absolute atomic E-state index is 12.8. The van der Waals surface area contributed by atoms with Gasteiger partial charge in [0.2, 0.25) is 5.91 Å². The van der Waals surface area contributed by atoms with Crippen molar-refractivity contribution in [3.05, 3.63) is 59.9 Å². The molecule has 2 N–H and O–H groups in total. The van der Waals surface area contributed by atoms with Gasteiger partial charge in [0.15, 0.2) is 0 Å². The third-order valence-electron chi connectivity index (χ3n) is 2.94. The molecule has 0 fully saturated rings. The highest BCUT2D eigenvalue weighted by Gasteiger charge is 2.12. The normalized spacial score (nSPS) is 11.8. The van der Waals surface area contributed by atoms with Crippen LogP contribution in [0.25, 0.3) is 0 Å². The Morgan fingerprint density at radius 2 is 1.55 bits per heavy atom. The summed E-state index contributed by atoms with van der Waals surface area (Å²) < 4.78 is 12.8. The van der Waals surface area contributed by atoms with Crippen molar-refractivity contribution in [3.8, 4) is 0 Å². The molecule has 0 aliphatic carbocycles. The van der Waals surface area contributed by atoms with Crippen LogP contribution in [0.3, 0.4) is 0 Å². The van der Waals surface area contributed by atoms with E-state index in [1.807, 2.05) is 31.2 Å². The standard InChI is InChI=1S/C16H17FN2O/c1-11-3-7-14(8-4-11)18-12(2)16(20)19-15-9-5-13(17)6-10-15/h3-10,12,18H,1-2H3,(H,19,20)/t12-/m1/s1. The SMILES string of the molecule is Cc1ccc(N[C@H](C)C(=O)Nc2ccc(F)cc2)cc1. The van der Waals surface area contributed by atoms with Crippen LogP contribution in [0.1, 0.15) is 12.5 Å². The highest BCUT2D eigenvalue weighted by molar-refractivity contribution is 5.96. The lowest BCUT2D eigenvalue weighted by molar-refractivity contribution is -0.116. The summed E-state index contributed by atoms with van der Waals surface area (Å²) >= 11 is 0. The summed E-state index contributed by atoms with van der Waals surface area (Å²) in [5.74, 6) is -0.494. The van der Waals surface area contributed by atoms with Crippen LogP contribution in [-0.4, -0.2) is 11.9 Å². The lowest BCUT2D eigenvalue weighted by Gasteiger charge is -2.15. The van der Waals surface area contributed by atoms with Gasteiger partial charge < -0.3 is 10.6 Å². The molecule has 3 nitrogen and oxygen atoms in total. The van der Waals surface area contributed by atoms with Crippen LogP contribution in [0, 0.1) is 12.7 Å². The van der Waals surface area contributed by atoms with E-state index < -0.39 is 0 Å². The number of carbonyl (C=O) groups excluding carboxylic acids is 1. The van der Waals surface area contributed by atoms with Crippen molar-refractivity contribution in [2.75, 3.05) is 10.6 Å². The van der Waals surface area contributed by atoms with Crippen LogP contribution in [0.5, 0.6) is 0 Å². The van der Waals surface area contributed by atoms with Crippen molar-refractivity contribution < 1.29 is 9.18 Å². The number of benzene rings is 2. The van der Waals surface area contributed by atoms with Gasteiger partial charge in [-0.3, -0.25) is 4.79 Å². The Bertz CT molecular complexity index is 578. The molecule has 0 unspecified atom stereocenters. The van der Waals surface area contributed by atoms with Crippen LogP contribution in [0.4, 0.5) is 15.8 Å². The molecule has 0 radical (unpaired) electrons. The van der Waals surface area contributed by atoms with Crippen molar-refractivity contribution in [2.45, 2.75) is 19.9 Å². The van der Waals surface area contributed by atoms with Crippen LogP contribution in [0.15, 0.2) is 48.5 Å². The molecule has 4 heteroatoms. The van der Waals surface area contributed by atoms with E-state index in [9.17, 15) is 9.18 Å². The third kappa shape index (κ3) is 3.82. The second-order valence-corrected chi connectivity index (χ2v) is 4.73. The van der Waals surface area contributed by atoms with Crippen molar-refractivity contribution in [1.82, 2.24) is 0 Å². The van der Waals surface area contributed by atoms with Crippen LogP contribution in [-0.2, 0) is 4.79 Å². The Hall–Kier alpha value is -2.36. The Kier molecular flexibility index (Phi) is 4.35. The molecule has 0 aromatic heterocycles.